The van der Waals surface area contributed by atoms with E-state index in [4.69, 9.17) is 5.11 Å². The number of aliphatic carboxylic acids is 1. The summed E-state index contributed by atoms with van der Waals surface area (Å²) in [6.45, 7) is 1.91. The molecule has 15 heavy (non-hydrogen) atoms. The monoisotopic (exact) mass is 229 g/mol. The number of carbonyl (C=O) groups excluding carboxylic acids is 1. The Morgan fingerprint density at radius 2 is 2.07 bits per heavy atom. The Labute approximate surface area is 93.0 Å². The van der Waals surface area contributed by atoms with Crippen LogP contribution < -0.4 is 0 Å². The molecule has 0 radical (unpaired) electrons. The number of nitrogens with zero attached hydrogens (tertiary/aromatic N) is 1. The van der Waals surface area contributed by atoms with Crippen LogP contribution in [0.25, 0.3) is 0 Å². The van der Waals surface area contributed by atoms with Gasteiger partial charge in [-0.15, -0.1) is 11.8 Å². The predicted molar refractivity (Wildman–Crippen MR) is 57.5 cm³/mol. The minimum atomic E-state index is -0.875. The van der Waals surface area contributed by atoms with Crippen molar-refractivity contribution in [3.63, 3.8) is 0 Å². The third-order valence-electron chi connectivity index (χ3n) is 3.22. The second-order valence-electron chi connectivity index (χ2n) is 4.16. The first kappa shape index (κ1) is 10.8. The van der Waals surface area contributed by atoms with Crippen LogP contribution >= 0.6 is 11.8 Å². The van der Waals surface area contributed by atoms with Crippen LogP contribution in [0.4, 0.5) is 0 Å². The number of hydrogen-bond donors (Lipinski definition) is 1. The standard InChI is InChI=1S/C10H15NO3S/c1-6-11(8(5-15-6)10(13)14)9(12)7-3-2-4-7/h6-8H,2-5H2,1H3,(H,13,14). The zero-order valence-corrected chi connectivity index (χ0v) is 9.50. The SMILES string of the molecule is CC1SCC(C(=O)O)N1C(=O)C1CCC1. The molecule has 0 aromatic heterocycles. The number of hydrogen-bond acceptors (Lipinski definition) is 3. The zero-order chi connectivity index (χ0) is 11.0. The van der Waals surface area contributed by atoms with E-state index in [0.29, 0.717) is 5.75 Å². The summed E-state index contributed by atoms with van der Waals surface area (Å²) < 4.78 is 0. The molecule has 1 heterocycles. The van der Waals surface area contributed by atoms with Crippen molar-refractivity contribution in [1.82, 2.24) is 4.90 Å². The molecule has 2 fully saturated rings. The summed E-state index contributed by atoms with van der Waals surface area (Å²) in [5.74, 6) is -0.215. The minimum absolute atomic E-state index is 0.0131. The van der Waals surface area contributed by atoms with Crippen molar-refractivity contribution < 1.29 is 14.7 Å². The molecule has 2 unspecified atom stereocenters. The quantitative estimate of drug-likeness (QED) is 0.772. The molecule has 1 aliphatic carbocycles. The second-order valence-corrected chi connectivity index (χ2v) is 5.51. The Kier molecular flexibility index (Phi) is 2.91. The first-order valence-electron chi connectivity index (χ1n) is 5.28. The van der Waals surface area contributed by atoms with Crippen LogP contribution in [0.2, 0.25) is 0 Å². The van der Waals surface area contributed by atoms with E-state index in [1.165, 1.54) is 0 Å². The Morgan fingerprint density at radius 3 is 2.53 bits per heavy atom. The summed E-state index contributed by atoms with van der Waals surface area (Å²) in [6, 6.07) is -0.613. The maximum atomic E-state index is 12.0. The fourth-order valence-corrected chi connectivity index (χ4v) is 3.21. The highest BCUT2D eigenvalue weighted by molar-refractivity contribution is 8.00. The van der Waals surface area contributed by atoms with E-state index in [1.54, 1.807) is 16.7 Å². The van der Waals surface area contributed by atoms with Gasteiger partial charge in [-0.25, -0.2) is 4.79 Å². The molecule has 0 aromatic carbocycles. The number of thioether (sulfide) groups is 1. The summed E-state index contributed by atoms with van der Waals surface area (Å²) in [5, 5.41) is 9.03. The number of amides is 1. The lowest BCUT2D eigenvalue weighted by molar-refractivity contribution is -0.152. The average Bonchev–Trinajstić information content (AvgIpc) is 2.43. The topological polar surface area (TPSA) is 57.6 Å². The number of rotatable bonds is 2. The van der Waals surface area contributed by atoms with Crippen LogP contribution in [0.1, 0.15) is 26.2 Å². The van der Waals surface area contributed by atoms with E-state index < -0.39 is 12.0 Å². The van der Waals surface area contributed by atoms with Crippen LogP contribution in [0.15, 0.2) is 0 Å². The third kappa shape index (κ3) is 1.85. The molecule has 0 aromatic rings. The van der Waals surface area contributed by atoms with Gasteiger partial charge in [-0.2, -0.15) is 0 Å². The van der Waals surface area contributed by atoms with Crippen molar-refractivity contribution in [3.8, 4) is 0 Å². The molecule has 2 aliphatic rings. The molecule has 1 saturated heterocycles. The van der Waals surface area contributed by atoms with Crippen molar-refractivity contribution >= 4 is 23.6 Å². The van der Waals surface area contributed by atoms with Crippen molar-refractivity contribution in [2.75, 3.05) is 5.75 Å². The van der Waals surface area contributed by atoms with Gasteiger partial charge in [-0.3, -0.25) is 4.79 Å². The second kappa shape index (κ2) is 4.04. The van der Waals surface area contributed by atoms with Gasteiger partial charge < -0.3 is 10.0 Å². The zero-order valence-electron chi connectivity index (χ0n) is 8.68. The Balaban J connectivity index is 2.09. The molecule has 1 saturated carbocycles. The normalized spacial score (nSPS) is 31.4. The van der Waals surface area contributed by atoms with Gasteiger partial charge in [0.25, 0.3) is 0 Å². The van der Waals surface area contributed by atoms with Crippen molar-refractivity contribution in [2.45, 2.75) is 37.6 Å². The van der Waals surface area contributed by atoms with Gasteiger partial charge in [0, 0.05) is 11.7 Å². The van der Waals surface area contributed by atoms with Gasteiger partial charge >= 0.3 is 5.97 Å². The third-order valence-corrected chi connectivity index (χ3v) is 4.43. The van der Waals surface area contributed by atoms with Gasteiger partial charge in [0.1, 0.15) is 6.04 Å². The molecule has 2 atom stereocenters. The van der Waals surface area contributed by atoms with Gasteiger partial charge in [-0.05, 0) is 19.8 Å². The van der Waals surface area contributed by atoms with E-state index >= 15 is 0 Å². The van der Waals surface area contributed by atoms with E-state index in [9.17, 15) is 9.59 Å². The predicted octanol–water partition coefficient (Wildman–Crippen LogP) is 1.16. The van der Waals surface area contributed by atoms with Gasteiger partial charge in [0.2, 0.25) is 5.91 Å². The molecule has 4 nitrogen and oxygen atoms in total. The van der Waals surface area contributed by atoms with Crippen molar-refractivity contribution in [1.29, 1.82) is 0 Å². The summed E-state index contributed by atoms with van der Waals surface area (Å²) >= 11 is 1.55. The maximum absolute atomic E-state index is 12.0. The fourth-order valence-electron chi connectivity index (χ4n) is 2.03. The average molecular weight is 229 g/mol. The van der Waals surface area contributed by atoms with Gasteiger partial charge in [0.15, 0.2) is 0 Å². The molecule has 0 bridgehead atoms. The van der Waals surface area contributed by atoms with Crippen LogP contribution in [-0.2, 0) is 9.59 Å². The molecule has 5 heteroatoms. The van der Waals surface area contributed by atoms with Crippen LogP contribution in [0, 0.1) is 5.92 Å². The number of carboxylic acid groups (broad SMARTS) is 1. The summed E-state index contributed by atoms with van der Waals surface area (Å²) in [6.07, 6.45) is 2.96. The van der Waals surface area contributed by atoms with Gasteiger partial charge in [0.05, 0.1) is 5.37 Å². The molecule has 1 N–H and O–H groups in total. The lowest BCUT2D eigenvalue weighted by atomic mass is 9.84. The molecule has 2 rings (SSSR count). The highest BCUT2D eigenvalue weighted by Gasteiger charge is 2.42. The van der Waals surface area contributed by atoms with E-state index in [2.05, 4.69) is 0 Å². The number of carbonyl (C=O) groups is 2. The van der Waals surface area contributed by atoms with Crippen molar-refractivity contribution in [2.24, 2.45) is 5.92 Å². The Bertz CT molecular complexity index is 290. The highest BCUT2D eigenvalue weighted by atomic mass is 32.2. The first-order chi connectivity index (χ1) is 7.11. The lowest BCUT2D eigenvalue weighted by Gasteiger charge is -2.33. The van der Waals surface area contributed by atoms with E-state index in [1.807, 2.05) is 6.92 Å². The maximum Gasteiger partial charge on any atom is 0.327 e. The highest BCUT2D eigenvalue weighted by Crippen LogP contribution is 2.35. The summed E-state index contributed by atoms with van der Waals surface area (Å²) in [5.41, 5.74) is 0. The smallest absolute Gasteiger partial charge is 0.327 e. The van der Waals surface area contributed by atoms with Crippen LogP contribution in [0.3, 0.4) is 0 Å². The van der Waals surface area contributed by atoms with Gasteiger partial charge in [-0.1, -0.05) is 6.42 Å². The molecular formula is C10H15NO3S. The molecule has 1 aliphatic heterocycles. The summed E-state index contributed by atoms with van der Waals surface area (Å²) in [4.78, 5) is 24.6. The first-order valence-corrected chi connectivity index (χ1v) is 6.32. The Hall–Kier alpha value is -0.710. The van der Waals surface area contributed by atoms with Crippen LogP contribution in [0.5, 0.6) is 0 Å². The van der Waals surface area contributed by atoms with E-state index in [0.717, 1.165) is 19.3 Å². The number of carboxylic acids is 1. The minimum Gasteiger partial charge on any atom is -0.480 e. The summed E-state index contributed by atoms with van der Waals surface area (Å²) in [7, 11) is 0. The Morgan fingerprint density at radius 1 is 1.40 bits per heavy atom. The molecule has 1 amide bonds. The largest absolute Gasteiger partial charge is 0.480 e. The molecule has 84 valence electrons. The van der Waals surface area contributed by atoms with E-state index in [-0.39, 0.29) is 17.2 Å². The molecule has 0 spiro atoms. The molecular weight excluding hydrogens is 214 g/mol. The fraction of sp³-hybridized carbons (Fsp3) is 0.800. The lowest BCUT2D eigenvalue weighted by Crippen LogP contribution is -2.48. The van der Waals surface area contributed by atoms with Crippen LogP contribution in [-0.4, -0.2) is 39.1 Å². The van der Waals surface area contributed by atoms with Crippen molar-refractivity contribution in [3.05, 3.63) is 0 Å².